The molecule has 4 nitrogen and oxygen atoms in total. The molecular formula is C20H29NO3. The van der Waals surface area contributed by atoms with Crippen molar-refractivity contribution in [1.82, 2.24) is 4.90 Å². The molecule has 0 aliphatic carbocycles. The first kappa shape index (κ1) is 18.7. The number of hydrogen-bond acceptors (Lipinski definition) is 3. The Morgan fingerprint density at radius 3 is 2.08 bits per heavy atom. The fraction of sp³-hybridized carbons (Fsp3) is 0.600. The summed E-state index contributed by atoms with van der Waals surface area (Å²) < 4.78 is 6.12. The zero-order valence-electron chi connectivity index (χ0n) is 15.5. The Balaban J connectivity index is 1.98. The maximum Gasteiger partial charge on any atom is 0.261 e. The van der Waals surface area contributed by atoms with Gasteiger partial charge in [-0.2, -0.15) is 0 Å². The lowest BCUT2D eigenvalue weighted by Gasteiger charge is -2.35. The van der Waals surface area contributed by atoms with E-state index < -0.39 is 0 Å². The monoisotopic (exact) mass is 331 g/mol. The number of amides is 2. The van der Waals surface area contributed by atoms with Crippen LogP contribution in [-0.4, -0.2) is 36.0 Å². The number of carbonyl (C=O) groups excluding carboxylic acids is 2. The van der Waals surface area contributed by atoms with Crippen LogP contribution in [0.5, 0.6) is 0 Å². The second kappa shape index (κ2) is 7.47. The number of carbonyl (C=O) groups is 2. The van der Waals surface area contributed by atoms with Gasteiger partial charge in [0.1, 0.15) is 0 Å². The van der Waals surface area contributed by atoms with E-state index in [1.54, 1.807) is 24.3 Å². The van der Waals surface area contributed by atoms with Gasteiger partial charge in [-0.05, 0) is 36.3 Å². The zero-order valence-corrected chi connectivity index (χ0v) is 15.5. The summed E-state index contributed by atoms with van der Waals surface area (Å²) >= 11 is 0. The molecule has 0 N–H and O–H groups in total. The van der Waals surface area contributed by atoms with Gasteiger partial charge in [0.05, 0.1) is 30.4 Å². The lowest BCUT2D eigenvalue weighted by Crippen LogP contribution is -2.37. The Bertz CT molecular complexity index is 572. The van der Waals surface area contributed by atoms with Crippen LogP contribution >= 0.6 is 0 Å². The zero-order chi connectivity index (χ0) is 17.9. The van der Waals surface area contributed by atoms with E-state index in [-0.39, 0.29) is 23.3 Å². The Morgan fingerprint density at radius 1 is 1.08 bits per heavy atom. The molecule has 1 aliphatic rings. The van der Waals surface area contributed by atoms with Crippen molar-refractivity contribution in [2.75, 3.05) is 13.2 Å². The molecule has 4 heteroatoms. The highest BCUT2D eigenvalue weighted by molar-refractivity contribution is 6.21. The molecule has 1 aliphatic heterocycles. The summed E-state index contributed by atoms with van der Waals surface area (Å²) in [7, 11) is 0. The van der Waals surface area contributed by atoms with Crippen molar-refractivity contribution in [2.45, 2.75) is 53.6 Å². The molecule has 2 amide bonds. The van der Waals surface area contributed by atoms with Crippen LogP contribution < -0.4 is 0 Å². The molecule has 0 saturated carbocycles. The fourth-order valence-corrected chi connectivity index (χ4v) is 3.00. The van der Waals surface area contributed by atoms with Crippen molar-refractivity contribution in [3.8, 4) is 0 Å². The summed E-state index contributed by atoms with van der Waals surface area (Å²) in [5.74, 6) is 0.115. The minimum atomic E-state index is -0.214. The first-order valence-corrected chi connectivity index (χ1v) is 8.84. The average Bonchev–Trinajstić information content (AvgIpc) is 2.78. The van der Waals surface area contributed by atoms with Gasteiger partial charge in [0.15, 0.2) is 0 Å². The predicted molar refractivity (Wildman–Crippen MR) is 95.1 cm³/mol. The summed E-state index contributed by atoms with van der Waals surface area (Å²) in [4.78, 5) is 26.0. The molecule has 0 bridgehead atoms. The normalized spacial score (nSPS) is 16.0. The molecule has 0 fully saturated rings. The average molecular weight is 331 g/mol. The van der Waals surface area contributed by atoms with Crippen molar-refractivity contribution in [3.05, 3.63) is 35.4 Å². The molecule has 1 atom stereocenters. The molecule has 0 spiro atoms. The van der Waals surface area contributed by atoms with E-state index in [2.05, 4.69) is 34.6 Å². The number of hydrogen-bond donors (Lipinski definition) is 0. The molecular weight excluding hydrogens is 302 g/mol. The van der Waals surface area contributed by atoms with Gasteiger partial charge in [-0.25, -0.2) is 0 Å². The number of imide groups is 1. The number of nitrogens with zero attached hydrogens (tertiary/aromatic N) is 1. The summed E-state index contributed by atoms with van der Waals surface area (Å²) in [5.41, 5.74) is 1.07. The summed E-state index contributed by atoms with van der Waals surface area (Å²) in [6, 6.07) is 6.98. The summed E-state index contributed by atoms with van der Waals surface area (Å²) in [6.45, 7) is 11.6. The van der Waals surface area contributed by atoms with Gasteiger partial charge in [0.25, 0.3) is 11.8 Å². The van der Waals surface area contributed by atoms with Gasteiger partial charge < -0.3 is 4.74 Å². The van der Waals surface area contributed by atoms with Crippen LogP contribution in [0.15, 0.2) is 24.3 Å². The highest BCUT2D eigenvalue weighted by atomic mass is 16.5. The molecule has 0 aromatic heterocycles. The SMILES string of the molecule is CCC(C)(C)C(CC(C)C)OCCN1C(=O)c2ccccc2C1=O. The van der Waals surface area contributed by atoms with E-state index in [1.165, 1.54) is 4.90 Å². The van der Waals surface area contributed by atoms with Crippen molar-refractivity contribution < 1.29 is 14.3 Å². The number of rotatable bonds is 8. The molecule has 2 rings (SSSR count). The molecule has 1 aromatic rings. The Hall–Kier alpha value is -1.68. The third-order valence-corrected chi connectivity index (χ3v) is 4.98. The number of benzene rings is 1. The third-order valence-electron chi connectivity index (χ3n) is 4.98. The highest BCUT2D eigenvalue weighted by Gasteiger charge is 2.35. The summed E-state index contributed by atoms with van der Waals surface area (Å²) in [6.07, 6.45) is 2.12. The Labute approximate surface area is 145 Å². The van der Waals surface area contributed by atoms with E-state index in [9.17, 15) is 9.59 Å². The van der Waals surface area contributed by atoms with Gasteiger partial charge in [-0.3, -0.25) is 14.5 Å². The number of fused-ring (bicyclic) bond motifs is 1. The molecule has 1 aromatic carbocycles. The molecule has 1 unspecified atom stereocenters. The number of ether oxygens (including phenoxy) is 1. The van der Waals surface area contributed by atoms with Crippen LogP contribution in [0.2, 0.25) is 0 Å². The molecule has 132 valence electrons. The van der Waals surface area contributed by atoms with Crippen LogP contribution in [0.1, 0.15) is 68.2 Å². The third kappa shape index (κ3) is 3.86. The Morgan fingerprint density at radius 2 is 1.62 bits per heavy atom. The van der Waals surface area contributed by atoms with Crippen LogP contribution in [0.4, 0.5) is 0 Å². The van der Waals surface area contributed by atoms with Gasteiger partial charge in [-0.15, -0.1) is 0 Å². The van der Waals surface area contributed by atoms with Crippen LogP contribution in [0.25, 0.3) is 0 Å². The van der Waals surface area contributed by atoms with E-state index in [1.807, 2.05) is 0 Å². The second-order valence-electron chi connectivity index (χ2n) is 7.64. The lowest BCUT2D eigenvalue weighted by molar-refractivity contribution is -0.0423. The van der Waals surface area contributed by atoms with Gasteiger partial charge >= 0.3 is 0 Å². The smallest absolute Gasteiger partial charge is 0.261 e. The van der Waals surface area contributed by atoms with E-state index >= 15 is 0 Å². The highest BCUT2D eigenvalue weighted by Crippen LogP contribution is 2.31. The van der Waals surface area contributed by atoms with Crippen LogP contribution in [-0.2, 0) is 4.74 Å². The van der Waals surface area contributed by atoms with Crippen LogP contribution in [0.3, 0.4) is 0 Å². The van der Waals surface area contributed by atoms with Crippen molar-refractivity contribution in [3.63, 3.8) is 0 Å². The topological polar surface area (TPSA) is 46.6 Å². The molecule has 1 heterocycles. The largest absolute Gasteiger partial charge is 0.376 e. The van der Waals surface area contributed by atoms with E-state index in [4.69, 9.17) is 4.74 Å². The Kier molecular flexibility index (Phi) is 5.81. The maximum atomic E-state index is 12.4. The van der Waals surface area contributed by atoms with Gasteiger partial charge in [0, 0.05) is 0 Å². The van der Waals surface area contributed by atoms with Gasteiger partial charge in [0.2, 0.25) is 0 Å². The minimum Gasteiger partial charge on any atom is -0.376 e. The standard InChI is InChI=1S/C20H29NO3/c1-6-20(4,5)17(13-14(2)3)24-12-11-21-18(22)15-9-7-8-10-16(15)19(21)23/h7-10,14,17H,6,11-13H2,1-5H3. The first-order valence-electron chi connectivity index (χ1n) is 8.84. The van der Waals surface area contributed by atoms with Crippen molar-refractivity contribution in [1.29, 1.82) is 0 Å². The van der Waals surface area contributed by atoms with E-state index in [0.29, 0.717) is 30.2 Å². The first-order chi connectivity index (χ1) is 11.3. The molecule has 24 heavy (non-hydrogen) atoms. The molecule has 0 radical (unpaired) electrons. The molecule has 0 saturated heterocycles. The summed E-state index contributed by atoms with van der Waals surface area (Å²) in [5, 5.41) is 0. The van der Waals surface area contributed by atoms with Crippen LogP contribution in [0, 0.1) is 11.3 Å². The second-order valence-corrected chi connectivity index (χ2v) is 7.64. The maximum absolute atomic E-state index is 12.4. The quantitative estimate of drug-likeness (QED) is 0.672. The van der Waals surface area contributed by atoms with E-state index in [0.717, 1.165) is 12.8 Å². The van der Waals surface area contributed by atoms with Crippen molar-refractivity contribution in [2.24, 2.45) is 11.3 Å². The van der Waals surface area contributed by atoms with Gasteiger partial charge in [-0.1, -0.05) is 46.8 Å². The fourth-order valence-electron chi connectivity index (χ4n) is 3.00. The minimum absolute atomic E-state index is 0.0757. The lowest BCUT2D eigenvalue weighted by atomic mass is 9.80. The van der Waals surface area contributed by atoms with Crippen molar-refractivity contribution >= 4 is 11.8 Å². The predicted octanol–water partition coefficient (Wildman–Crippen LogP) is 4.15.